The van der Waals surface area contributed by atoms with Crippen molar-refractivity contribution in [1.29, 1.82) is 0 Å². The van der Waals surface area contributed by atoms with Gasteiger partial charge in [0, 0.05) is 5.02 Å². The van der Waals surface area contributed by atoms with Gasteiger partial charge in [0.1, 0.15) is 0 Å². The number of hydrogen-bond donors (Lipinski definition) is 0. The molecule has 0 nitrogen and oxygen atoms in total. The van der Waals surface area contributed by atoms with Gasteiger partial charge in [-0.2, -0.15) is 0 Å². The molecule has 0 aromatic heterocycles. The van der Waals surface area contributed by atoms with E-state index in [0.717, 1.165) is 5.02 Å². The van der Waals surface area contributed by atoms with E-state index in [1.165, 1.54) is 55.6 Å². The molecule has 0 bridgehead atoms. The van der Waals surface area contributed by atoms with Gasteiger partial charge in [-0.25, -0.2) is 0 Å². The maximum absolute atomic E-state index is 6.78. The standard InChI is InChI=1S/C41H49Cl/c1-37(2,3)26-13-17-28(18-14-26)41(29-19-15-27(16-20-29)38(4,5)6)34-22-21-31(42)25-32(34)33-23-30(39(7,8)9)24-35(36(33)41)40(10,11)12/h13-25H,1-12H3. The van der Waals surface area contributed by atoms with E-state index in [9.17, 15) is 0 Å². The summed E-state index contributed by atoms with van der Waals surface area (Å²) in [5.74, 6) is 0. The SMILES string of the molecule is CC(C)(C)c1ccc(C2(c3ccc(C(C)(C)C)cc3)c3ccc(Cl)cc3-c3cc(C(C)(C)C)cc(C(C)(C)C)c32)cc1. The number of benzene rings is 4. The average molecular weight is 577 g/mol. The number of fused-ring (bicyclic) bond motifs is 3. The Morgan fingerprint density at radius 1 is 0.452 bits per heavy atom. The van der Waals surface area contributed by atoms with Crippen LogP contribution in [0.1, 0.15) is 128 Å². The minimum absolute atomic E-state index is 0.0156. The van der Waals surface area contributed by atoms with Crippen LogP contribution in [0.25, 0.3) is 11.1 Å². The van der Waals surface area contributed by atoms with E-state index in [2.05, 4.69) is 162 Å². The molecule has 0 spiro atoms. The molecule has 1 heteroatoms. The van der Waals surface area contributed by atoms with Crippen molar-refractivity contribution in [2.75, 3.05) is 0 Å². The van der Waals surface area contributed by atoms with E-state index in [1.807, 2.05) is 0 Å². The summed E-state index contributed by atoms with van der Waals surface area (Å²) in [6, 6.07) is 30.4. The van der Waals surface area contributed by atoms with E-state index in [-0.39, 0.29) is 21.7 Å². The molecule has 0 heterocycles. The van der Waals surface area contributed by atoms with Gasteiger partial charge in [0.2, 0.25) is 0 Å². The van der Waals surface area contributed by atoms with Crippen LogP contribution < -0.4 is 0 Å². The highest BCUT2D eigenvalue weighted by Crippen LogP contribution is 2.59. The van der Waals surface area contributed by atoms with Gasteiger partial charge in [-0.1, -0.05) is 161 Å². The zero-order chi connectivity index (χ0) is 31.0. The highest BCUT2D eigenvalue weighted by atomic mass is 35.5. The predicted octanol–water partition coefficient (Wildman–Crippen LogP) is 11.9. The predicted molar refractivity (Wildman–Crippen MR) is 184 cm³/mol. The Labute approximate surface area is 260 Å². The molecule has 0 saturated carbocycles. The summed E-state index contributed by atoms with van der Waals surface area (Å²) in [5.41, 5.74) is 12.9. The first kappa shape index (κ1) is 30.6. The van der Waals surface area contributed by atoms with Crippen molar-refractivity contribution < 1.29 is 0 Å². The lowest BCUT2D eigenvalue weighted by atomic mass is 9.63. The highest BCUT2D eigenvalue weighted by Gasteiger charge is 2.49. The van der Waals surface area contributed by atoms with E-state index in [4.69, 9.17) is 11.6 Å². The second-order valence-corrected chi connectivity index (χ2v) is 17.0. The Morgan fingerprint density at radius 3 is 1.31 bits per heavy atom. The van der Waals surface area contributed by atoms with Gasteiger partial charge in [0.15, 0.2) is 0 Å². The third-order valence-corrected chi connectivity index (χ3v) is 9.47. The zero-order valence-corrected chi connectivity index (χ0v) is 28.6. The van der Waals surface area contributed by atoms with Gasteiger partial charge in [-0.05, 0) is 89.4 Å². The van der Waals surface area contributed by atoms with Crippen LogP contribution in [0.3, 0.4) is 0 Å². The number of rotatable bonds is 2. The Bertz CT molecular complexity index is 1560. The van der Waals surface area contributed by atoms with Crippen molar-refractivity contribution in [3.63, 3.8) is 0 Å². The zero-order valence-electron chi connectivity index (χ0n) is 27.9. The van der Waals surface area contributed by atoms with E-state index in [0.29, 0.717) is 0 Å². The molecule has 0 fully saturated rings. The molecule has 0 amide bonds. The molecule has 1 aliphatic rings. The number of hydrogen-bond acceptors (Lipinski definition) is 0. The maximum Gasteiger partial charge on any atom is 0.0716 e. The van der Waals surface area contributed by atoms with Crippen molar-refractivity contribution in [3.8, 4) is 11.1 Å². The van der Waals surface area contributed by atoms with Crippen molar-refractivity contribution in [3.05, 3.63) is 128 Å². The van der Waals surface area contributed by atoms with Crippen LogP contribution in [-0.4, -0.2) is 0 Å². The smallest absolute Gasteiger partial charge is 0.0716 e. The molecule has 42 heavy (non-hydrogen) atoms. The molecule has 4 aromatic carbocycles. The summed E-state index contributed by atoms with van der Waals surface area (Å²) in [6.45, 7) is 27.8. The lowest BCUT2D eigenvalue weighted by molar-refractivity contribution is 0.556. The minimum Gasteiger partial charge on any atom is -0.0843 e. The van der Waals surface area contributed by atoms with Crippen LogP contribution in [0.4, 0.5) is 0 Å². The second kappa shape index (κ2) is 9.85. The van der Waals surface area contributed by atoms with Crippen LogP contribution in [0.2, 0.25) is 5.02 Å². The van der Waals surface area contributed by atoms with Crippen LogP contribution in [-0.2, 0) is 27.1 Å². The normalized spacial score (nSPS) is 15.0. The van der Waals surface area contributed by atoms with Crippen molar-refractivity contribution in [2.45, 2.75) is 110 Å². The van der Waals surface area contributed by atoms with Gasteiger partial charge < -0.3 is 0 Å². The molecular weight excluding hydrogens is 528 g/mol. The van der Waals surface area contributed by atoms with E-state index in [1.54, 1.807) is 0 Å². The first-order valence-electron chi connectivity index (χ1n) is 15.5. The van der Waals surface area contributed by atoms with Gasteiger partial charge in [-0.3, -0.25) is 0 Å². The topological polar surface area (TPSA) is 0 Å². The summed E-state index contributed by atoms with van der Waals surface area (Å²) in [4.78, 5) is 0. The third-order valence-electron chi connectivity index (χ3n) is 9.23. The van der Waals surface area contributed by atoms with Gasteiger partial charge in [0.05, 0.1) is 5.41 Å². The fourth-order valence-electron chi connectivity index (χ4n) is 6.69. The lowest BCUT2D eigenvalue weighted by Gasteiger charge is -2.39. The highest BCUT2D eigenvalue weighted by molar-refractivity contribution is 6.31. The Kier molecular flexibility index (Phi) is 7.18. The summed E-state index contributed by atoms with van der Waals surface area (Å²) < 4.78 is 0. The molecule has 0 radical (unpaired) electrons. The molecule has 0 aliphatic heterocycles. The van der Waals surface area contributed by atoms with Crippen LogP contribution in [0.15, 0.2) is 78.9 Å². The van der Waals surface area contributed by atoms with Crippen LogP contribution >= 0.6 is 11.6 Å². The third kappa shape index (κ3) is 5.05. The van der Waals surface area contributed by atoms with Crippen LogP contribution in [0, 0.1) is 0 Å². The fourth-order valence-corrected chi connectivity index (χ4v) is 6.86. The van der Waals surface area contributed by atoms with E-state index < -0.39 is 5.41 Å². The quantitative estimate of drug-likeness (QED) is 0.196. The molecule has 0 saturated heterocycles. The van der Waals surface area contributed by atoms with Crippen molar-refractivity contribution in [2.24, 2.45) is 0 Å². The fraction of sp³-hybridized carbons (Fsp3) is 0.415. The lowest BCUT2D eigenvalue weighted by Crippen LogP contribution is -2.32. The van der Waals surface area contributed by atoms with Gasteiger partial charge in [-0.15, -0.1) is 0 Å². The van der Waals surface area contributed by atoms with E-state index >= 15 is 0 Å². The largest absolute Gasteiger partial charge is 0.0843 e. The molecule has 0 unspecified atom stereocenters. The number of halogens is 1. The van der Waals surface area contributed by atoms with Crippen LogP contribution in [0.5, 0.6) is 0 Å². The van der Waals surface area contributed by atoms with Gasteiger partial charge >= 0.3 is 0 Å². The van der Waals surface area contributed by atoms with Crippen molar-refractivity contribution >= 4 is 11.6 Å². The summed E-state index contributed by atoms with van der Waals surface area (Å²) in [7, 11) is 0. The second-order valence-electron chi connectivity index (χ2n) is 16.5. The maximum atomic E-state index is 6.78. The monoisotopic (exact) mass is 576 g/mol. The Hall–Kier alpha value is -2.83. The Balaban J connectivity index is 1.99. The average Bonchev–Trinajstić information content (AvgIpc) is 3.16. The molecule has 4 aromatic rings. The van der Waals surface area contributed by atoms with Crippen molar-refractivity contribution in [1.82, 2.24) is 0 Å². The molecule has 0 atom stereocenters. The molecule has 0 N–H and O–H groups in total. The Morgan fingerprint density at radius 2 is 0.905 bits per heavy atom. The molecular formula is C41H49Cl. The first-order valence-corrected chi connectivity index (χ1v) is 15.9. The molecule has 1 aliphatic carbocycles. The molecule has 5 rings (SSSR count). The minimum atomic E-state index is -0.471. The summed E-state index contributed by atoms with van der Waals surface area (Å²) >= 11 is 6.78. The van der Waals surface area contributed by atoms with Gasteiger partial charge in [0.25, 0.3) is 0 Å². The summed E-state index contributed by atoms with van der Waals surface area (Å²) in [5, 5.41) is 0.778. The first-order chi connectivity index (χ1) is 19.3. The summed E-state index contributed by atoms with van der Waals surface area (Å²) in [6.07, 6.45) is 0. The molecule has 220 valence electrons.